The van der Waals surface area contributed by atoms with Gasteiger partial charge in [0.15, 0.2) is 0 Å². The summed E-state index contributed by atoms with van der Waals surface area (Å²) in [6.07, 6.45) is 1.51. The third-order valence-electron chi connectivity index (χ3n) is 5.10. The van der Waals surface area contributed by atoms with Gasteiger partial charge in [0.2, 0.25) is 0 Å². The first-order chi connectivity index (χ1) is 11.5. The summed E-state index contributed by atoms with van der Waals surface area (Å²) in [4.78, 5) is 2.61. The molecule has 0 saturated carbocycles. The minimum absolute atomic E-state index is 0.107. The number of azide groups is 1. The Morgan fingerprint density at radius 2 is 1.42 bits per heavy atom. The molecule has 0 fully saturated rings. The summed E-state index contributed by atoms with van der Waals surface area (Å²) in [5, 5.41) is 3.35. The van der Waals surface area contributed by atoms with E-state index in [1.165, 1.54) is 27.7 Å². The normalized spacial score (nSPS) is 14.3. The van der Waals surface area contributed by atoms with Crippen molar-refractivity contribution >= 4 is 0 Å². The summed E-state index contributed by atoms with van der Waals surface area (Å²) in [5.41, 5.74) is 4.78. The van der Waals surface area contributed by atoms with Crippen LogP contribution in [0, 0.1) is 10.8 Å². The lowest BCUT2D eigenvalue weighted by molar-refractivity contribution is -0.214. The monoisotopic (exact) mass is 377 g/mol. The molecule has 0 aromatic rings. The average molecular weight is 378 g/mol. The van der Waals surface area contributed by atoms with Crippen molar-refractivity contribution in [1.82, 2.24) is 0 Å². The fourth-order valence-corrected chi connectivity index (χ4v) is 2.44. The zero-order valence-electron chi connectivity index (χ0n) is 17.9. The maximum absolute atomic E-state index is 15.0. The van der Waals surface area contributed by atoms with Gasteiger partial charge in [-0.2, -0.15) is 0 Å². The molecule has 5 nitrogen and oxygen atoms in total. The molecule has 7 heteroatoms. The van der Waals surface area contributed by atoms with Crippen LogP contribution in [-0.4, -0.2) is 36.9 Å². The van der Waals surface area contributed by atoms with Crippen LogP contribution >= 0.6 is 0 Å². The van der Waals surface area contributed by atoms with E-state index in [0.29, 0.717) is 13.0 Å². The van der Waals surface area contributed by atoms with Gasteiger partial charge in [-0.25, -0.2) is 8.78 Å². The van der Waals surface area contributed by atoms with Crippen molar-refractivity contribution in [2.75, 3.05) is 19.8 Å². The standard InChI is InChI=1S/C19H37F2N3O2/c1-10-17(6,7)25-12-11-18(8,9)26-14-16(4,5)19(20,21)15(2,3)13-23-24-22/h10-14H2,1-9H3. The highest BCUT2D eigenvalue weighted by molar-refractivity contribution is 4.98. The van der Waals surface area contributed by atoms with Crippen molar-refractivity contribution in [3.63, 3.8) is 0 Å². The molecule has 0 atom stereocenters. The fraction of sp³-hybridized carbons (Fsp3) is 1.00. The van der Waals surface area contributed by atoms with Crippen LogP contribution in [0.3, 0.4) is 0 Å². The topological polar surface area (TPSA) is 67.2 Å². The first kappa shape index (κ1) is 25.1. The van der Waals surface area contributed by atoms with Crippen LogP contribution in [0.2, 0.25) is 0 Å². The molecule has 0 aliphatic carbocycles. The highest BCUT2D eigenvalue weighted by atomic mass is 19.3. The molecule has 0 N–H and O–H groups in total. The third-order valence-corrected chi connectivity index (χ3v) is 5.10. The van der Waals surface area contributed by atoms with E-state index in [9.17, 15) is 0 Å². The van der Waals surface area contributed by atoms with Crippen LogP contribution in [0.5, 0.6) is 0 Å². The minimum atomic E-state index is -3.08. The molecule has 0 rings (SSSR count). The quantitative estimate of drug-likeness (QED) is 0.225. The molecule has 0 radical (unpaired) electrons. The number of alkyl halides is 2. The molecule has 0 aromatic carbocycles. The molecule has 0 saturated heterocycles. The fourth-order valence-electron chi connectivity index (χ4n) is 2.44. The molecule has 0 spiro atoms. The van der Waals surface area contributed by atoms with Gasteiger partial charge in [0.1, 0.15) is 0 Å². The maximum atomic E-state index is 15.0. The predicted molar refractivity (Wildman–Crippen MR) is 101 cm³/mol. The zero-order valence-corrected chi connectivity index (χ0v) is 17.9. The van der Waals surface area contributed by atoms with Crippen LogP contribution in [0.1, 0.15) is 75.2 Å². The van der Waals surface area contributed by atoms with E-state index in [0.717, 1.165) is 6.42 Å². The third kappa shape index (κ3) is 7.01. The van der Waals surface area contributed by atoms with E-state index < -0.39 is 22.4 Å². The van der Waals surface area contributed by atoms with Crippen LogP contribution in [0.4, 0.5) is 8.78 Å². The summed E-state index contributed by atoms with van der Waals surface area (Å²) in [7, 11) is 0. The Kier molecular flexibility index (Phi) is 8.54. The van der Waals surface area contributed by atoms with E-state index in [-0.39, 0.29) is 18.8 Å². The molecule has 26 heavy (non-hydrogen) atoms. The zero-order chi connectivity index (χ0) is 20.9. The van der Waals surface area contributed by atoms with Crippen LogP contribution in [-0.2, 0) is 9.47 Å². The molecule has 0 aromatic heterocycles. The molecule has 0 aliphatic rings. The lowest BCUT2D eigenvalue weighted by Gasteiger charge is -2.44. The van der Waals surface area contributed by atoms with Gasteiger partial charge in [-0.3, -0.25) is 0 Å². The molecule has 0 aliphatic heterocycles. The van der Waals surface area contributed by atoms with Crippen LogP contribution < -0.4 is 0 Å². The number of hydrogen-bond acceptors (Lipinski definition) is 3. The highest BCUT2D eigenvalue weighted by Gasteiger charge is 2.57. The average Bonchev–Trinajstić information content (AvgIpc) is 2.50. The summed E-state index contributed by atoms with van der Waals surface area (Å²) in [6.45, 7) is 15.8. The Bertz CT molecular complexity index is 497. The Morgan fingerprint density at radius 1 is 0.885 bits per heavy atom. The SMILES string of the molecule is CCC(C)(C)OCCC(C)(C)OCC(C)(C)C(F)(F)C(C)(C)CN=[N+]=[N-]. The van der Waals surface area contributed by atoms with Crippen molar-refractivity contribution < 1.29 is 18.3 Å². The maximum Gasteiger partial charge on any atom is 0.260 e. The Labute approximate surface area is 157 Å². The minimum Gasteiger partial charge on any atom is -0.375 e. The van der Waals surface area contributed by atoms with E-state index in [2.05, 4.69) is 16.9 Å². The lowest BCUT2D eigenvalue weighted by atomic mass is 9.71. The molecule has 0 bridgehead atoms. The summed E-state index contributed by atoms with van der Waals surface area (Å²) in [6, 6.07) is 0. The number of nitrogens with zero attached hydrogens (tertiary/aromatic N) is 3. The number of rotatable bonds is 12. The lowest BCUT2D eigenvalue weighted by Crippen LogP contribution is -2.52. The Hall–Kier alpha value is -0.910. The van der Waals surface area contributed by atoms with E-state index in [1.807, 2.05) is 27.7 Å². The summed E-state index contributed by atoms with van der Waals surface area (Å²) >= 11 is 0. The van der Waals surface area contributed by atoms with Gasteiger partial charge in [-0.05, 0) is 46.1 Å². The molecule has 0 amide bonds. The molecular weight excluding hydrogens is 340 g/mol. The second kappa shape index (κ2) is 8.85. The van der Waals surface area contributed by atoms with Crippen molar-refractivity contribution in [2.24, 2.45) is 15.9 Å². The first-order valence-corrected chi connectivity index (χ1v) is 9.20. The van der Waals surface area contributed by atoms with Gasteiger partial charge >= 0.3 is 0 Å². The van der Waals surface area contributed by atoms with E-state index >= 15 is 8.78 Å². The smallest absolute Gasteiger partial charge is 0.260 e. The van der Waals surface area contributed by atoms with Crippen LogP contribution in [0.15, 0.2) is 5.11 Å². The summed E-state index contributed by atoms with van der Waals surface area (Å²) < 4.78 is 41.8. The van der Waals surface area contributed by atoms with Gasteiger partial charge in [0, 0.05) is 16.9 Å². The first-order valence-electron chi connectivity index (χ1n) is 9.20. The van der Waals surface area contributed by atoms with Gasteiger partial charge in [0.25, 0.3) is 5.92 Å². The number of halogens is 2. The van der Waals surface area contributed by atoms with Crippen molar-refractivity contribution in [2.45, 2.75) is 92.3 Å². The highest BCUT2D eigenvalue weighted by Crippen LogP contribution is 2.49. The van der Waals surface area contributed by atoms with Gasteiger partial charge in [-0.15, -0.1) is 0 Å². The summed E-state index contributed by atoms with van der Waals surface area (Å²) in [5.74, 6) is -3.08. The Balaban J connectivity index is 4.90. The van der Waals surface area contributed by atoms with Crippen LogP contribution in [0.25, 0.3) is 10.4 Å². The van der Waals surface area contributed by atoms with Gasteiger partial charge < -0.3 is 9.47 Å². The van der Waals surface area contributed by atoms with Gasteiger partial charge in [-0.1, -0.05) is 39.7 Å². The molecule has 0 unspecified atom stereocenters. The molecule has 0 heterocycles. The number of ether oxygens (including phenoxy) is 2. The van der Waals surface area contributed by atoms with Crippen molar-refractivity contribution in [3.8, 4) is 0 Å². The molecular formula is C19H37F2N3O2. The molecule has 154 valence electrons. The second-order valence-corrected chi connectivity index (χ2v) is 9.49. The van der Waals surface area contributed by atoms with Crippen molar-refractivity contribution in [1.29, 1.82) is 0 Å². The largest absolute Gasteiger partial charge is 0.375 e. The predicted octanol–water partition coefficient (Wildman–Crippen LogP) is 6.37. The van der Waals surface area contributed by atoms with Crippen molar-refractivity contribution in [3.05, 3.63) is 10.4 Å². The second-order valence-electron chi connectivity index (χ2n) is 9.49. The van der Waals surface area contributed by atoms with E-state index in [1.54, 1.807) is 0 Å². The van der Waals surface area contributed by atoms with E-state index in [4.69, 9.17) is 15.0 Å². The number of hydrogen-bond donors (Lipinski definition) is 0. The Morgan fingerprint density at radius 3 is 1.88 bits per heavy atom. The van der Waals surface area contributed by atoms with Gasteiger partial charge in [0.05, 0.1) is 29.8 Å².